The van der Waals surface area contributed by atoms with Crippen molar-refractivity contribution in [2.24, 2.45) is 5.10 Å². The lowest BCUT2D eigenvalue weighted by Crippen LogP contribution is -2.20. The Kier molecular flexibility index (Phi) is 6.19. The summed E-state index contributed by atoms with van der Waals surface area (Å²) in [6, 6.07) is 25.9. The van der Waals surface area contributed by atoms with Crippen LogP contribution in [0.5, 0.6) is 5.75 Å². The third-order valence-electron chi connectivity index (χ3n) is 6.02. The standard InChI is InChI=1S/C29H27N3O3/c1-19-16-27(33)32(31-19)18-24-14-15-25(17-26(24)22-10-6-4-7-11-22)34-20(2)28-21(3)35-29(30-28)23-12-8-5-9-13-23/h4-15,17,20H,16,18H2,1-3H3. The summed E-state index contributed by atoms with van der Waals surface area (Å²) in [5.41, 5.74) is 5.59. The van der Waals surface area contributed by atoms with Gasteiger partial charge in [0.25, 0.3) is 0 Å². The zero-order chi connectivity index (χ0) is 24.4. The molecule has 0 fully saturated rings. The Hall–Kier alpha value is -4.19. The van der Waals surface area contributed by atoms with Gasteiger partial charge >= 0.3 is 0 Å². The second kappa shape index (κ2) is 9.58. The molecule has 0 bridgehead atoms. The van der Waals surface area contributed by atoms with Crippen LogP contribution in [0.2, 0.25) is 0 Å². The first kappa shape index (κ1) is 22.6. The second-order valence-electron chi connectivity index (χ2n) is 8.73. The number of benzene rings is 3. The van der Waals surface area contributed by atoms with Crippen LogP contribution < -0.4 is 4.74 Å². The van der Waals surface area contributed by atoms with Crippen molar-refractivity contribution in [3.05, 3.63) is 95.9 Å². The van der Waals surface area contributed by atoms with E-state index in [9.17, 15) is 4.79 Å². The molecule has 0 aliphatic carbocycles. The monoisotopic (exact) mass is 465 g/mol. The maximum atomic E-state index is 12.3. The zero-order valence-electron chi connectivity index (χ0n) is 20.1. The molecule has 2 heterocycles. The molecule has 5 rings (SSSR count). The molecule has 0 saturated carbocycles. The fourth-order valence-corrected chi connectivity index (χ4v) is 4.29. The molecule has 4 aromatic rings. The Labute approximate surface area is 204 Å². The highest BCUT2D eigenvalue weighted by atomic mass is 16.5. The van der Waals surface area contributed by atoms with Crippen molar-refractivity contribution in [2.75, 3.05) is 0 Å². The zero-order valence-corrected chi connectivity index (χ0v) is 20.1. The average Bonchev–Trinajstić information content (AvgIpc) is 3.42. The molecule has 1 aliphatic heterocycles. The molecule has 1 unspecified atom stereocenters. The molecule has 0 N–H and O–H groups in total. The molecule has 1 atom stereocenters. The highest BCUT2D eigenvalue weighted by molar-refractivity contribution is 6.03. The lowest BCUT2D eigenvalue weighted by atomic mass is 9.99. The predicted octanol–water partition coefficient (Wildman–Crippen LogP) is 6.57. The lowest BCUT2D eigenvalue weighted by molar-refractivity contribution is -0.129. The summed E-state index contributed by atoms with van der Waals surface area (Å²) in [5, 5.41) is 5.94. The van der Waals surface area contributed by atoms with Crippen molar-refractivity contribution in [3.8, 4) is 28.3 Å². The number of hydrogen-bond donors (Lipinski definition) is 0. The van der Waals surface area contributed by atoms with Crippen molar-refractivity contribution >= 4 is 11.6 Å². The van der Waals surface area contributed by atoms with Gasteiger partial charge < -0.3 is 9.15 Å². The van der Waals surface area contributed by atoms with Gasteiger partial charge in [0, 0.05) is 11.3 Å². The summed E-state index contributed by atoms with van der Waals surface area (Å²) >= 11 is 0. The van der Waals surface area contributed by atoms with E-state index in [4.69, 9.17) is 14.1 Å². The van der Waals surface area contributed by atoms with Crippen LogP contribution in [0.15, 0.2) is 88.4 Å². The summed E-state index contributed by atoms with van der Waals surface area (Å²) in [6.07, 6.45) is 0.0691. The van der Waals surface area contributed by atoms with E-state index in [1.165, 1.54) is 0 Å². The van der Waals surface area contributed by atoms with Crippen molar-refractivity contribution < 1.29 is 13.9 Å². The van der Waals surface area contributed by atoms with Crippen molar-refractivity contribution in [2.45, 2.75) is 39.8 Å². The highest BCUT2D eigenvalue weighted by Gasteiger charge is 2.23. The van der Waals surface area contributed by atoms with Gasteiger partial charge in [-0.1, -0.05) is 54.6 Å². The average molecular weight is 466 g/mol. The van der Waals surface area contributed by atoms with Crippen LogP contribution >= 0.6 is 0 Å². The summed E-state index contributed by atoms with van der Waals surface area (Å²) in [4.78, 5) is 17.0. The largest absolute Gasteiger partial charge is 0.484 e. The molecule has 3 aromatic carbocycles. The SMILES string of the molecule is CC1=NN(Cc2ccc(OC(C)c3nc(-c4ccccc4)oc3C)cc2-c2ccccc2)C(=O)C1. The molecule has 6 heteroatoms. The Balaban J connectivity index is 1.43. The molecule has 0 spiro atoms. The molecular formula is C29H27N3O3. The number of ether oxygens (including phenoxy) is 1. The van der Waals surface area contributed by atoms with Crippen LogP contribution in [0, 0.1) is 6.92 Å². The van der Waals surface area contributed by atoms with Gasteiger partial charge in [-0.05, 0) is 61.7 Å². The molecule has 1 aliphatic rings. The number of nitrogens with zero attached hydrogens (tertiary/aromatic N) is 3. The van der Waals surface area contributed by atoms with E-state index in [-0.39, 0.29) is 12.0 Å². The number of carbonyl (C=O) groups is 1. The molecule has 0 radical (unpaired) electrons. The van der Waals surface area contributed by atoms with Gasteiger partial charge in [-0.25, -0.2) is 9.99 Å². The number of aryl methyl sites for hydroxylation is 1. The van der Waals surface area contributed by atoms with Gasteiger partial charge in [0.15, 0.2) is 0 Å². The second-order valence-corrected chi connectivity index (χ2v) is 8.73. The van der Waals surface area contributed by atoms with Crippen molar-refractivity contribution in [1.29, 1.82) is 0 Å². The fraction of sp³-hybridized carbons (Fsp3) is 0.207. The number of hydrazone groups is 1. The quantitative estimate of drug-likeness (QED) is 0.310. The molecule has 1 aromatic heterocycles. The van der Waals surface area contributed by atoms with Crippen LogP contribution in [0.4, 0.5) is 0 Å². The minimum Gasteiger partial charge on any atom is -0.484 e. The molecule has 176 valence electrons. The van der Waals surface area contributed by atoms with Gasteiger partial charge in [0.2, 0.25) is 11.8 Å². The summed E-state index contributed by atoms with van der Waals surface area (Å²) in [5.74, 6) is 2.06. The molecule has 0 saturated heterocycles. The summed E-state index contributed by atoms with van der Waals surface area (Å²) in [7, 11) is 0. The molecular weight excluding hydrogens is 438 g/mol. The Morgan fingerprint density at radius 2 is 1.66 bits per heavy atom. The third kappa shape index (κ3) is 4.87. The minimum absolute atomic E-state index is 0.0196. The number of carbonyl (C=O) groups excluding carboxylic acids is 1. The van der Waals surface area contributed by atoms with E-state index in [1.54, 1.807) is 5.01 Å². The van der Waals surface area contributed by atoms with Gasteiger partial charge in [0.1, 0.15) is 23.3 Å². The van der Waals surface area contributed by atoms with Crippen LogP contribution in [-0.4, -0.2) is 21.6 Å². The van der Waals surface area contributed by atoms with Crippen LogP contribution in [0.3, 0.4) is 0 Å². The van der Waals surface area contributed by atoms with Gasteiger partial charge in [-0.2, -0.15) is 5.10 Å². The maximum Gasteiger partial charge on any atom is 0.248 e. The van der Waals surface area contributed by atoms with Gasteiger partial charge in [0.05, 0.1) is 13.0 Å². The normalized spacial score (nSPS) is 14.2. The first-order valence-electron chi connectivity index (χ1n) is 11.7. The number of hydrogen-bond acceptors (Lipinski definition) is 5. The van der Waals surface area contributed by atoms with E-state index in [2.05, 4.69) is 17.2 Å². The first-order chi connectivity index (χ1) is 17.0. The number of aromatic nitrogens is 1. The first-order valence-corrected chi connectivity index (χ1v) is 11.7. The summed E-state index contributed by atoms with van der Waals surface area (Å²) < 4.78 is 12.2. The Morgan fingerprint density at radius 1 is 0.971 bits per heavy atom. The lowest BCUT2D eigenvalue weighted by Gasteiger charge is -2.18. The topological polar surface area (TPSA) is 67.9 Å². The fourth-order valence-electron chi connectivity index (χ4n) is 4.29. The molecule has 1 amide bonds. The van der Waals surface area contributed by atoms with Crippen molar-refractivity contribution in [3.63, 3.8) is 0 Å². The van der Waals surface area contributed by atoms with E-state index in [0.29, 0.717) is 18.9 Å². The summed E-state index contributed by atoms with van der Waals surface area (Å²) in [6.45, 7) is 6.17. The molecule has 6 nitrogen and oxygen atoms in total. The Morgan fingerprint density at radius 3 is 2.31 bits per heavy atom. The van der Waals surface area contributed by atoms with Crippen molar-refractivity contribution in [1.82, 2.24) is 9.99 Å². The third-order valence-corrected chi connectivity index (χ3v) is 6.02. The number of amides is 1. The van der Waals surface area contributed by atoms with Crippen LogP contribution in [0.1, 0.15) is 43.4 Å². The number of oxazole rings is 1. The smallest absolute Gasteiger partial charge is 0.248 e. The predicted molar refractivity (Wildman–Crippen MR) is 136 cm³/mol. The highest BCUT2D eigenvalue weighted by Crippen LogP contribution is 2.33. The van der Waals surface area contributed by atoms with Gasteiger partial charge in [-0.15, -0.1) is 0 Å². The van der Waals surface area contributed by atoms with E-state index in [1.807, 2.05) is 87.5 Å². The molecule has 35 heavy (non-hydrogen) atoms. The number of rotatable bonds is 7. The van der Waals surface area contributed by atoms with E-state index < -0.39 is 0 Å². The Bertz CT molecular complexity index is 1380. The van der Waals surface area contributed by atoms with Gasteiger partial charge in [-0.3, -0.25) is 4.79 Å². The van der Waals surface area contributed by atoms with E-state index in [0.717, 1.165) is 45.2 Å². The van der Waals surface area contributed by atoms with Crippen LogP contribution in [0.25, 0.3) is 22.6 Å². The van der Waals surface area contributed by atoms with Crippen LogP contribution in [-0.2, 0) is 11.3 Å². The maximum absolute atomic E-state index is 12.3. The van der Waals surface area contributed by atoms with E-state index >= 15 is 0 Å². The minimum atomic E-state index is -0.307.